The van der Waals surface area contributed by atoms with Crippen LogP contribution in [0, 0.1) is 0 Å². The van der Waals surface area contributed by atoms with Gasteiger partial charge in [-0.2, -0.15) is 0 Å². The van der Waals surface area contributed by atoms with E-state index in [1.165, 1.54) is 44.9 Å². The third-order valence-electron chi connectivity index (χ3n) is 3.27. The first kappa shape index (κ1) is 17.0. The van der Waals surface area contributed by atoms with Crippen LogP contribution < -0.4 is 5.32 Å². The van der Waals surface area contributed by atoms with Crippen LogP contribution in [0.1, 0.15) is 63.2 Å². The predicted molar refractivity (Wildman–Crippen MR) is 89.0 cm³/mol. The highest BCUT2D eigenvalue weighted by Crippen LogP contribution is 2.10. The highest BCUT2D eigenvalue weighted by atomic mass is 32.1. The maximum absolute atomic E-state index is 11.6. The Labute approximate surface area is 127 Å². The van der Waals surface area contributed by atoms with Crippen LogP contribution >= 0.6 is 11.3 Å². The van der Waals surface area contributed by atoms with E-state index >= 15 is 0 Å². The molecule has 1 N–H and O–H groups in total. The number of nitrogens with one attached hydrogen (secondary N) is 1. The number of rotatable bonds is 11. The zero-order valence-electron chi connectivity index (χ0n) is 12.6. The Kier molecular flexibility index (Phi) is 9.93. The number of unbranched alkanes of at least 4 members (excludes halogenated alkanes) is 7. The van der Waals surface area contributed by atoms with Gasteiger partial charge in [-0.05, 0) is 23.9 Å². The zero-order chi connectivity index (χ0) is 14.5. The molecule has 0 unspecified atom stereocenters. The molecule has 0 radical (unpaired) electrons. The van der Waals surface area contributed by atoms with Gasteiger partial charge in [0, 0.05) is 17.5 Å². The maximum atomic E-state index is 11.6. The van der Waals surface area contributed by atoms with Crippen molar-refractivity contribution in [3.8, 4) is 0 Å². The van der Waals surface area contributed by atoms with E-state index in [-0.39, 0.29) is 5.91 Å². The van der Waals surface area contributed by atoms with Crippen molar-refractivity contribution in [2.75, 3.05) is 6.54 Å². The van der Waals surface area contributed by atoms with Crippen LogP contribution in [0.5, 0.6) is 0 Å². The summed E-state index contributed by atoms with van der Waals surface area (Å²) in [6.45, 7) is 3.04. The standard InChI is InChI=1S/C17H27NOS/c1-2-3-4-5-6-7-8-9-14-18-17(19)13-12-16-11-10-15-20-16/h10-13,15H,2-9,14H2,1H3,(H,18,19)/b13-12+. The molecule has 0 aromatic carbocycles. The fourth-order valence-corrected chi connectivity index (χ4v) is 2.69. The summed E-state index contributed by atoms with van der Waals surface area (Å²) < 4.78 is 0. The van der Waals surface area contributed by atoms with Gasteiger partial charge in [0.1, 0.15) is 0 Å². The molecule has 112 valence electrons. The first-order chi connectivity index (χ1) is 9.83. The monoisotopic (exact) mass is 293 g/mol. The van der Waals surface area contributed by atoms with E-state index in [1.807, 2.05) is 23.6 Å². The molecular weight excluding hydrogens is 266 g/mol. The summed E-state index contributed by atoms with van der Waals surface area (Å²) >= 11 is 1.64. The molecule has 1 aromatic heterocycles. The normalized spacial score (nSPS) is 11.1. The molecule has 0 aliphatic rings. The van der Waals surface area contributed by atoms with Gasteiger partial charge >= 0.3 is 0 Å². The highest BCUT2D eigenvalue weighted by molar-refractivity contribution is 7.10. The van der Waals surface area contributed by atoms with Crippen molar-refractivity contribution in [2.45, 2.75) is 58.3 Å². The number of carbonyl (C=O) groups is 1. The smallest absolute Gasteiger partial charge is 0.244 e. The minimum absolute atomic E-state index is 0.0151. The third-order valence-corrected chi connectivity index (χ3v) is 4.11. The van der Waals surface area contributed by atoms with Gasteiger partial charge in [0.25, 0.3) is 0 Å². The van der Waals surface area contributed by atoms with Crippen molar-refractivity contribution >= 4 is 23.3 Å². The second-order valence-corrected chi connectivity index (χ2v) is 6.09. The topological polar surface area (TPSA) is 29.1 Å². The van der Waals surface area contributed by atoms with Crippen LogP contribution in [0.15, 0.2) is 23.6 Å². The zero-order valence-corrected chi connectivity index (χ0v) is 13.4. The van der Waals surface area contributed by atoms with Gasteiger partial charge in [-0.3, -0.25) is 4.79 Å². The van der Waals surface area contributed by atoms with E-state index in [0.29, 0.717) is 0 Å². The van der Waals surface area contributed by atoms with Gasteiger partial charge < -0.3 is 5.32 Å². The minimum Gasteiger partial charge on any atom is -0.353 e. The first-order valence-corrected chi connectivity index (χ1v) is 8.70. The van der Waals surface area contributed by atoms with Crippen molar-refractivity contribution in [3.63, 3.8) is 0 Å². The molecule has 0 saturated heterocycles. The molecule has 20 heavy (non-hydrogen) atoms. The number of carbonyl (C=O) groups excluding carboxylic acids is 1. The van der Waals surface area contributed by atoms with E-state index < -0.39 is 0 Å². The molecule has 0 aliphatic heterocycles. The largest absolute Gasteiger partial charge is 0.353 e. The second-order valence-electron chi connectivity index (χ2n) is 5.11. The molecule has 0 aliphatic carbocycles. The predicted octanol–water partition coefficient (Wildman–Crippen LogP) is 5.02. The van der Waals surface area contributed by atoms with Gasteiger partial charge in [0.05, 0.1) is 0 Å². The molecule has 0 fully saturated rings. The van der Waals surface area contributed by atoms with Crippen LogP contribution in [0.4, 0.5) is 0 Å². The number of hydrogen-bond donors (Lipinski definition) is 1. The summed E-state index contributed by atoms with van der Waals surface area (Å²) in [5.41, 5.74) is 0. The van der Waals surface area contributed by atoms with E-state index in [4.69, 9.17) is 0 Å². The molecule has 0 spiro atoms. The molecule has 0 bridgehead atoms. The Balaban J connectivity index is 1.92. The van der Waals surface area contributed by atoms with Crippen LogP contribution in [-0.4, -0.2) is 12.5 Å². The molecule has 0 atom stereocenters. The van der Waals surface area contributed by atoms with Crippen LogP contribution in [0.2, 0.25) is 0 Å². The fourth-order valence-electron chi connectivity index (χ4n) is 2.07. The average Bonchev–Trinajstić information content (AvgIpc) is 2.96. The van der Waals surface area contributed by atoms with E-state index in [9.17, 15) is 4.79 Å². The molecule has 1 amide bonds. The Hall–Kier alpha value is -1.09. The van der Waals surface area contributed by atoms with Crippen molar-refractivity contribution in [1.29, 1.82) is 0 Å². The Bertz CT molecular complexity index is 370. The SMILES string of the molecule is CCCCCCCCCCNC(=O)/C=C/c1cccs1. The van der Waals surface area contributed by atoms with Crippen LogP contribution in [0.25, 0.3) is 6.08 Å². The lowest BCUT2D eigenvalue weighted by Crippen LogP contribution is -2.21. The van der Waals surface area contributed by atoms with Crippen molar-refractivity contribution in [2.24, 2.45) is 0 Å². The Morgan fingerprint density at radius 2 is 1.85 bits per heavy atom. The lowest BCUT2D eigenvalue weighted by Gasteiger charge is -2.03. The van der Waals surface area contributed by atoms with Crippen molar-refractivity contribution < 1.29 is 4.79 Å². The quantitative estimate of drug-likeness (QED) is 0.450. The number of thiophene rings is 1. The van der Waals surface area contributed by atoms with Gasteiger partial charge in [-0.25, -0.2) is 0 Å². The first-order valence-electron chi connectivity index (χ1n) is 7.82. The fraction of sp³-hybridized carbons (Fsp3) is 0.588. The Morgan fingerprint density at radius 1 is 1.15 bits per heavy atom. The minimum atomic E-state index is 0.0151. The van der Waals surface area contributed by atoms with Crippen LogP contribution in [-0.2, 0) is 4.79 Å². The third kappa shape index (κ3) is 8.92. The average molecular weight is 293 g/mol. The summed E-state index contributed by atoms with van der Waals surface area (Å²) in [6, 6.07) is 4.00. The molecule has 2 nitrogen and oxygen atoms in total. The summed E-state index contributed by atoms with van der Waals surface area (Å²) in [6.07, 6.45) is 13.9. The lowest BCUT2D eigenvalue weighted by atomic mass is 10.1. The summed E-state index contributed by atoms with van der Waals surface area (Å²) in [4.78, 5) is 12.7. The lowest BCUT2D eigenvalue weighted by molar-refractivity contribution is -0.116. The van der Waals surface area contributed by atoms with Gasteiger partial charge in [-0.15, -0.1) is 11.3 Å². The summed E-state index contributed by atoms with van der Waals surface area (Å²) in [7, 11) is 0. The summed E-state index contributed by atoms with van der Waals surface area (Å²) in [5.74, 6) is 0.0151. The maximum Gasteiger partial charge on any atom is 0.244 e. The Morgan fingerprint density at radius 3 is 2.50 bits per heavy atom. The highest BCUT2D eigenvalue weighted by Gasteiger charge is 1.96. The molecule has 3 heteroatoms. The van der Waals surface area contributed by atoms with Gasteiger partial charge in [0.15, 0.2) is 0 Å². The molecule has 1 aromatic rings. The number of hydrogen-bond acceptors (Lipinski definition) is 2. The number of amides is 1. The van der Waals surface area contributed by atoms with Crippen molar-refractivity contribution in [1.82, 2.24) is 5.32 Å². The molecule has 0 saturated carbocycles. The van der Waals surface area contributed by atoms with Gasteiger partial charge in [-0.1, -0.05) is 57.9 Å². The summed E-state index contributed by atoms with van der Waals surface area (Å²) in [5, 5.41) is 4.95. The second kappa shape index (κ2) is 11.7. The van der Waals surface area contributed by atoms with E-state index in [1.54, 1.807) is 17.4 Å². The van der Waals surface area contributed by atoms with Gasteiger partial charge in [0.2, 0.25) is 5.91 Å². The molecule has 1 heterocycles. The molecular formula is C17H27NOS. The van der Waals surface area contributed by atoms with E-state index in [0.717, 1.165) is 17.8 Å². The van der Waals surface area contributed by atoms with Crippen molar-refractivity contribution in [3.05, 3.63) is 28.5 Å². The molecule has 1 rings (SSSR count). The van der Waals surface area contributed by atoms with Crippen LogP contribution in [0.3, 0.4) is 0 Å². The van der Waals surface area contributed by atoms with E-state index in [2.05, 4.69) is 12.2 Å².